The number of amides is 2. The average molecular weight is 341 g/mol. The molecule has 0 aliphatic carbocycles. The maximum atomic E-state index is 11.9. The van der Waals surface area contributed by atoms with E-state index in [1.165, 1.54) is 17.0 Å². The van der Waals surface area contributed by atoms with E-state index in [0.717, 1.165) is 6.42 Å². The third-order valence-electron chi connectivity index (χ3n) is 2.99. The molecule has 7 heteroatoms. The molecule has 0 bridgehead atoms. The highest BCUT2D eigenvalue weighted by Crippen LogP contribution is 2.23. The molecule has 2 rings (SSSR count). The van der Waals surface area contributed by atoms with E-state index in [0.29, 0.717) is 23.1 Å². The largest absolute Gasteiger partial charge is 0.478 e. The maximum absolute atomic E-state index is 11.9. The Morgan fingerprint density at radius 1 is 1.40 bits per heavy atom. The summed E-state index contributed by atoms with van der Waals surface area (Å²) < 4.78 is 0.587. The summed E-state index contributed by atoms with van der Waals surface area (Å²) in [6.45, 7) is 0.575. The number of aromatic carboxylic acids is 1. The van der Waals surface area contributed by atoms with Crippen molar-refractivity contribution in [3.05, 3.63) is 28.2 Å². The lowest BCUT2D eigenvalue weighted by Gasteiger charge is -2.15. The van der Waals surface area contributed by atoms with Crippen molar-refractivity contribution >= 4 is 39.4 Å². The van der Waals surface area contributed by atoms with Crippen LogP contribution in [-0.2, 0) is 9.59 Å². The van der Waals surface area contributed by atoms with Gasteiger partial charge in [0.2, 0.25) is 11.8 Å². The second kappa shape index (κ2) is 6.04. The Bertz CT molecular complexity index is 573. The number of benzene rings is 1. The van der Waals surface area contributed by atoms with Gasteiger partial charge in [-0.15, -0.1) is 0 Å². The summed E-state index contributed by atoms with van der Waals surface area (Å²) in [6.07, 6.45) is 1.25. The lowest BCUT2D eigenvalue weighted by atomic mass is 10.2. The second-order valence-corrected chi connectivity index (χ2v) is 5.32. The minimum absolute atomic E-state index is 0.0113. The molecule has 6 nitrogen and oxygen atoms in total. The van der Waals surface area contributed by atoms with E-state index in [-0.39, 0.29) is 23.9 Å². The lowest BCUT2D eigenvalue weighted by molar-refractivity contribution is -0.131. The van der Waals surface area contributed by atoms with Crippen LogP contribution in [0.25, 0.3) is 0 Å². The third-order valence-corrected chi connectivity index (χ3v) is 3.68. The molecule has 1 aliphatic heterocycles. The van der Waals surface area contributed by atoms with Crippen molar-refractivity contribution < 1.29 is 19.5 Å². The summed E-state index contributed by atoms with van der Waals surface area (Å²) in [7, 11) is 0. The first kappa shape index (κ1) is 14.5. The van der Waals surface area contributed by atoms with Gasteiger partial charge >= 0.3 is 5.97 Å². The number of rotatable bonds is 4. The lowest BCUT2D eigenvalue weighted by Crippen LogP contribution is -2.34. The monoisotopic (exact) mass is 340 g/mol. The van der Waals surface area contributed by atoms with Gasteiger partial charge in [0, 0.05) is 17.4 Å². The van der Waals surface area contributed by atoms with Crippen molar-refractivity contribution in [2.45, 2.75) is 12.8 Å². The molecule has 0 unspecified atom stereocenters. The van der Waals surface area contributed by atoms with Crippen LogP contribution in [0.15, 0.2) is 22.7 Å². The Balaban J connectivity index is 2.05. The number of carboxylic acid groups (broad SMARTS) is 1. The Morgan fingerprint density at radius 3 is 2.75 bits per heavy atom. The van der Waals surface area contributed by atoms with Crippen LogP contribution in [0.4, 0.5) is 5.69 Å². The quantitative estimate of drug-likeness (QED) is 0.873. The summed E-state index contributed by atoms with van der Waals surface area (Å²) in [6, 6.07) is 4.36. The van der Waals surface area contributed by atoms with Gasteiger partial charge in [-0.3, -0.25) is 9.59 Å². The molecule has 0 spiro atoms. The van der Waals surface area contributed by atoms with Crippen LogP contribution in [0.3, 0.4) is 0 Å². The number of hydrogen-bond acceptors (Lipinski definition) is 3. The van der Waals surface area contributed by atoms with Crippen molar-refractivity contribution in [3.63, 3.8) is 0 Å². The standard InChI is InChI=1S/C13H13BrN2O4/c14-9-4-3-8(13(19)20)6-10(9)15-11(17)7-16-5-1-2-12(16)18/h3-4,6H,1-2,5,7H2,(H,15,17)(H,19,20). The molecule has 1 aliphatic rings. The van der Waals surface area contributed by atoms with E-state index in [1.54, 1.807) is 6.07 Å². The maximum Gasteiger partial charge on any atom is 0.335 e. The van der Waals surface area contributed by atoms with E-state index in [2.05, 4.69) is 21.2 Å². The zero-order chi connectivity index (χ0) is 14.7. The molecule has 1 saturated heterocycles. The Kier molecular flexibility index (Phi) is 4.39. The molecule has 1 aromatic rings. The summed E-state index contributed by atoms with van der Waals surface area (Å²) in [4.78, 5) is 35.7. The first-order valence-corrected chi connectivity index (χ1v) is 6.87. The van der Waals surface area contributed by atoms with Crippen LogP contribution in [0, 0.1) is 0 Å². The highest BCUT2D eigenvalue weighted by molar-refractivity contribution is 9.10. The fourth-order valence-corrected chi connectivity index (χ4v) is 2.33. The highest BCUT2D eigenvalue weighted by atomic mass is 79.9. The Labute approximate surface area is 123 Å². The molecule has 0 aromatic heterocycles. The van der Waals surface area contributed by atoms with Crippen molar-refractivity contribution in [1.82, 2.24) is 4.90 Å². The number of likely N-dealkylation sites (tertiary alicyclic amines) is 1. The van der Waals surface area contributed by atoms with Crippen LogP contribution in [0.5, 0.6) is 0 Å². The Morgan fingerprint density at radius 2 is 2.15 bits per heavy atom. The highest BCUT2D eigenvalue weighted by Gasteiger charge is 2.22. The summed E-state index contributed by atoms with van der Waals surface area (Å²) in [5.74, 6) is -1.44. The van der Waals surface area contributed by atoms with Crippen LogP contribution in [0.1, 0.15) is 23.2 Å². The normalized spacial score (nSPS) is 14.4. The van der Waals surface area contributed by atoms with Crippen LogP contribution >= 0.6 is 15.9 Å². The Hall–Kier alpha value is -1.89. The first-order valence-electron chi connectivity index (χ1n) is 6.08. The van der Waals surface area contributed by atoms with Gasteiger partial charge < -0.3 is 15.3 Å². The smallest absolute Gasteiger partial charge is 0.335 e. The fourth-order valence-electron chi connectivity index (χ4n) is 1.99. The van der Waals surface area contributed by atoms with E-state index >= 15 is 0 Å². The minimum Gasteiger partial charge on any atom is -0.478 e. The van der Waals surface area contributed by atoms with Gasteiger partial charge in [0.15, 0.2) is 0 Å². The molecular weight excluding hydrogens is 328 g/mol. The SMILES string of the molecule is O=C(CN1CCCC1=O)Nc1cc(C(=O)O)ccc1Br. The van der Waals surface area contributed by atoms with Gasteiger partial charge in [0.1, 0.15) is 0 Å². The summed E-state index contributed by atoms with van der Waals surface area (Å²) in [5.41, 5.74) is 0.460. The summed E-state index contributed by atoms with van der Waals surface area (Å²) in [5, 5.41) is 11.5. The molecule has 1 heterocycles. The molecule has 0 radical (unpaired) electrons. The molecule has 20 heavy (non-hydrogen) atoms. The van der Waals surface area contributed by atoms with Gasteiger partial charge in [-0.25, -0.2) is 4.79 Å². The molecule has 0 saturated carbocycles. The molecule has 1 fully saturated rings. The number of nitrogens with zero attached hydrogens (tertiary/aromatic N) is 1. The number of carboxylic acids is 1. The molecule has 1 aromatic carbocycles. The van der Waals surface area contributed by atoms with Gasteiger partial charge in [-0.2, -0.15) is 0 Å². The predicted octanol–water partition coefficient (Wildman–Crippen LogP) is 1.71. The zero-order valence-corrected chi connectivity index (χ0v) is 12.1. The average Bonchev–Trinajstić information content (AvgIpc) is 2.77. The number of carbonyl (C=O) groups is 3. The van der Waals surface area contributed by atoms with E-state index in [4.69, 9.17) is 5.11 Å². The van der Waals surface area contributed by atoms with Gasteiger partial charge in [0.05, 0.1) is 17.8 Å². The molecular formula is C13H13BrN2O4. The van der Waals surface area contributed by atoms with E-state index < -0.39 is 5.97 Å². The van der Waals surface area contributed by atoms with Gasteiger partial charge in [-0.1, -0.05) is 0 Å². The topological polar surface area (TPSA) is 86.7 Å². The van der Waals surface area contributed by atoms with Crippen molar-refractivity contribution in [2.24, 2.45) is 0 Å². The van der Waals surface area contributed by atoms with Crippen LogP contribution < -0.4 is 5.32 Å². The van der Waals surface area contributed by atoms with Gasteiger partial charge in [0.25, 0.3) is 0 Å². The molecule has 2 amide bonds. The minimum atomic E-state index is -1.07. The van der Waals surface area contributed by atoms with Crippen molar-refractivity contribution in [2.75, 3.05) is 18.4 Å². The second-order valence-electron chi connectivity index (χ2n) is 4.47. The van der Waals surface area contributed by atoms with Crippen LogP contribution in [-0.4, -0.2) is 40.9 Å². The number of carbonyl (C=O) groups excluding carboxylic acids is 2. The van der Waals surface area contributed by atoms with E-state index in [9.17, 15) is 14.4 Å². The first-order chi connectivity index (χ1) is 9.47. The zero-order valence-electron chi connectivity index (χ0n) is 10.6. The van der Waals surface area contributed by atoms with Crippen LogP contribution in [0.2, 0.25) is 0 Å². The van der Waals surface area contributed by atoms with Gasteiger partial charge in [-0.05, 0) is 40.5 Å². The number of hydrogen-bond donors (Lipinski definition) is 2. The van der Waals surface area contributed by atoms with Crippen molar-refractivity contribution in [1.29, 1.82) is 0 Å². The number of anilines is 1. The molecule has 106 valence electrons. The third kappa shape index (κ3) is 3.36. The summed E-state index contributed by atoms with van der Waals surface area (Å²) >= 11 is 3.24. The van der Waals surface area contributed by atoms with E-state index in [1.807, 2.05) is 0 Å². The fraction of sp³-hybridized carbons (Fsp3) is 0.308. The molecule has 0 atom stereocenters. The number of nitrogens with one attached hydrogen (secondary N) is 1. The molecule has 2 N–H and O–H groups in total. The number of halogens is 1. The predicted molar refractivity (Wildman–Crippen MR) is 75.5 cm³/mol. The van der Waals surface area contributed by atoms with Crippen molar-refractivity contribution in [3.8, 4) is 0 Å².